The zero-order valence-corrected chi connectivity index (χ0v) is 13.5. The van der Waals surface area contributed by atoms with E-state index < -0.39 is 0 Å². The number of likely N-dealkylation sites (tertiary alicyclic amines) is 1. The van der Waals surface area contributed by atoms with Crippen LogP contribution in [0.2, 0.25) is 0 Å². The van der Waals surface area contributed by atoms with Crippen LogP contribution < -0.4 is 0 Å². The second-order valence-electron chi connectivity index (χ2n) is 6.57. The minimum atomic E-state index is -0.252. The maximum absolute atomic E-state index is 13.9. The molecule has 0 bridgehead atoms. The van der Waals surface area contributed by atoms with Crippen molar-refractivity contribution in [1.82, 2.24) is 9.80 Å². The zero-order valence-electron chi connectivity index (χ0n) is 13.5. The third-order valence-electron chi connectivity index (χ3n) is 4.86. The Morgan fingerprint density at radius 1 is 1.17 bits per heavy atom. The van der Waals surface area contributed by atoms with Crippen LogP contribution in [-0.4, -0.2) is 40.7 Å². The summed E-state index contributed by atoms with van der Waals surface area (Å²) in [6.07, 6.45) is 3.43. The number of piperidine rings is 1. The van der Waals surface area contributed by atoms with E-state index in [4.69, 9.17) is 0 Å². The molecule has 4 nitrogen and oxygen atoms in total. The van der Waals surface area contributed by atoms with Gasteiger partial charge in [-0.2, -0.15) is 0 Å². The van der Waals surface area contributed by atoms with Gasteiger partial charge in [-0.15, -0.1) is 0 Å². The summed E-state index contributed by atoms with van der Waals surface area (Å²) in [5, 5.41) is 0. The lowest BCUT2D eigenvalue weighted by atomic mass is 9.95. The number of nitrogens with zero attached hydrogens (tertiary/aromatic N) is 2. The Morgan fingerprint density at radius 3 is 2.39 bits per heavy atom. The second-order valence-corrected chi connectivity index (χ2v) is 6.57. The number of amides is 2. The highest BCUT2D eigenvalue weighted by Gasteiger charge is 2.37. The van der Waals surface area contributed by atoms with Gasteiger partial charge in [-0.05, 0) is 31.7 Å². The van der Waals surface area contributed by atoms with Crippen molar-refractivity contribution in [3.8, 4) is 0 Å². The molecule has 1 saturated carbocycles. The summed E-state index contributed by atoms with van der Waals surface area (Å²) in [5.74, 6) is -0.101. The molecule has 1 aliphatic heterocycles. The molecule has 1 heterocycles. The van der Waals surface area contributed by atoms with Crippen LogP contribution in [0.1, 0.15) is 38.2 Å². The highest BCUT2D eigenvalue weighted by molar-refractivity contribution is 5.80. The quantitative estimate of drug-likeness (QED) is 0.856. The van der Waals surface area contributed by atoms with Gasteiger partial charge >= 0.3 is 0 Å². The Labute approximate surface area is 136 Å². The molecule has 124 valence electrons. The van der Waals surface area contributed by atoms with E-state index in [1.807, 2.05) is 4.90 Å². The van der Waals surface area contributed by atoms with Crippen molar-refractivity contribution in [2.24, 2.45) is 5.92 Å². The first-order valence-corrected chi connectivity index (χ1v) is 8.35. The van der Waals surface area contributed by atoms with Crippen molar-refractivity contribution in [2.75, 3.05) is 13.1 Å². The van der Waals surface area contributed by atoms with Gasteiger partial charge in [-0.3, -0.25) is 9.59 Å². The number of hydrogen-bond acceptors (Lipinski definition) is 2. The average molecular weight is 318 g/mol. The summed E-state index contributed by atoms with van der Waals surface area (Å²) in [5.41, 5.74) is 0.578. The fourth-order valence-electron chi connectivity index (χ4n) is 3.26. The summed E-state index contributed by atoms with van der Waals surface area (Å²) in [4.78, 5) is 27.9. The Balaban J connectivity index is 1.66. The SMILES string of the molecule is CC(=O)N1CCC(C(=O)N(Cc2ccccc2F)C2CC2)CC1. The Morgan fingerprint density at radius 2 is 1.83 bits per heavy atom. The summed E-state index contributed by atoms with van der Waals surface area (Å²) >= 11 is 0. The number of hydrogen-bond donors (Lipinski definition) is 0. The maximum Gasteiger partial charge on any atom is 0.226 e. The fraction of sp³-hybridized carbons (Fsp3) is 0.556. The Kier molecular flexibility index (Phi) is 4.64. The molecule has 0 spiro atoms. The van der Waals surface area contributed by atoms with E-state index in [9.17, 15) is 14.0 Å². The molecular formula is C18H23FN2O2. The molecule has 3 rings (SSSR count). The van der Waals surface area contributed by atoms with E-state index >= 15 is 0 Å². The standard InChI is InChI=1S/C18H23FN2O2/c1-13(22)20-10-8-14(9-11-20)18(23)21(16-6-7-16)12-15-4-2-3-5-17(15)19/h2-5,14,16H,6-12H2,1H3. The van der Waals surface area contributed by atoms with E-state index in [1.165, 1.54) is 6.07 Å². The maximum atomic E-state index is 13.9. The summed E-state index contributed by atoms with van der Waals surface area (Å²) in [7, 11) is 0. The minimum Gasteiger partial charge on any atom is -0.343 e. The van der Waals surface area contributed by atoms with Crippen LogP contribution in [0.25, 0.3) is 0 Å². The molecule has 1 saturated heterocycles. The molecule has 1 aromatic rings. The van der Waals surface area contributed by atoms with Gasteiger partial charge in [-0.25, -0.2) is 4.39 Å². The van der Waals surface area contributed by atoms with Crippen molar-refractivity contribution < 1.29 is 14.0 Å². The van der Waals surface area contributed by atoms with Gasteiger partial charge in [0.25, 0.3) is 0 Å². The molecule has 0 atom stereocenters. The van der Waals surface area contributed by atoms with E-state index in [0.29, 0.717) is 38.0 Å². The van der Waals surface area contributed by atoms with Gasteiger partial charge in [0.2, 0.25) is 11.8 Å². The fourth-order valence-corrected chi connectivity index (χ4v) is 3.26. The second kappa shape index (κ2) is 6.69. The lowest BCUT2D eigenvalue weighted by Gasteiger charge is -2.34. The largest absolute Gasteiger partial charge is 0.343 e. The first-order chi connectivity index (χ1) is 11.1. The molecular weight excluding hydrogens is 295 g/mol. The highest BCUT2D eigenvalue weighted by Crippen LogP contribution is 2.32. The third-order valence-corrected chi connectivity index (χ3v) is 4.86. The van der Waals surface area contributed by atoms with Crippen LogP contribution in [0.4, 0.5) is 4.39 Å². The average Bonchev–Trinajstić information content (AvgIpc) is 3.38. The van der Waals surface area contributed by atoms with Crippen LogP contribution in [-0.2, 0) is 16.1 Å². The number of carbonyl (C=O) groups is 2. The summed E-state index contributed by atoms with van der Waals surface area (Å²) in [6, 6.07) is 6.92. The zero-order chi connectivity index (χ0) is 16.4. The smallest absolute Gasteiger partial charge is 0.226 e. The molecule has 2 fully saturated rings. The Bertz CT molecular complexity index is 592. The molecule has 1 aliphatic carbocycles. The molecule has 0 aromatic heterocycles. The lowest BCUT2D eigenvalue weighted by Crippen LogP contribution is -2.44. The van der Waals surface area contributed by atoms with E-state index in [1.54, 1.807) is 30.0 Å². The van der Waals surface area contributed by atoms with Crippen molar-refractivity contribution in [3.63, 3.8) is 0 Å². The lowest BCUT2D eigenvalue weighted by molar-refractivity contribution is -0.141. The Hall–Kier alpha value is -1.91. The van der Waals surface area contributed by atoms with Gasteiger partial charge in [0, 0.05) is 44.1 Å². The predicted octanol–water partition coefficient (Wildman–Crippen LogP) is 2.58. The normalized spacial score (nSPS) is 18.8. The molecule has 1 aromatic carbocycles. The van der Waals surface area contributed by atoms with Crippen molar-refractivity contribution >= 4 is 11.8 Å². The van der Waals surface area contributed by atoms with E-state index in [0.717, 1.165) is 12.8 Å². The van der Waals surface area contributed by atoms with Gasteiger partial charge in [-0.1, -0.05) is 18.2 Å². The first kappa shape index (κ1) is 16.0. The third kappa shape index (κ3) is 3.71. The van der Waals surface area contributed by atoms with Crippen LogP contribution in [0, 0.1) is 11.7 Å². The molecule has 5 heteroatoms. The summed E-state index contributed by atoms with van der Waals surface area (Å²) in [6.45, 7) is 3.20. The topological polar surface area (TPSA) is 40.6 Å². The molecule has 0 unspecified atom stereocenters. The van der Waals surface area contributed by atoms with Gasteiger partial charge < -0.3 is 9.80 Å². The highest BCUT2D eigenvalue weighted by atomic mass is 19.1. The molecule has 0 radical (unpaired) electrons. The number of halogens is 1. The summed E-state index contributed by atoms with van der Waals surface area (Å²) < 4.78 is 13.9. The number of carbonyl (C=O) groups excluding carboxylic acids is 2. The predicted molar refractivity (Wildman–Crippen MR) is 85.0 cm³/mol. The molecule has 23 heavy (non-hydrogen) atoms. The van der Waals surface area contributed by atoms with Crippen molar-refractivity contribution in [1.29, 1.82) is 0 Å². The molecule has 0 N–H and O–H groups in total. The van der Waals surface area contributed by atoms with E-state index in [2.05, 4.69) is 0 Å². The van der Waals surface area contributed by atoms with Crippen molar-refractivity contribution in [2.45, 2.75) is 45.2 Å². The van der Waals surface area contributed by atoms with Gasteiger partial charge in [0.15, 0.2) is 0 Å². The van der Waals surface area contributed by atoms with Gasteiger partial charge in [0.05, 0.1) is 0 Å². The molecule has 2 amide bonds. The number of benzene rings is 1. The van der Waals surface area contributed by atoms with Crippen LogP contribution in [0.15, 0.2) is 24.3 Å². The number of rotatable bonds is 4. The van der Waals surface area contributed by atoms with E-state index in [-0.39, 0.29) is 29.6 Å². The minimum absolute atomic E-state index is 0.0435. The monoisotopic (exact) mass is 318 g/mol. The van der Waals surface area contributed by atoms with Crippen LogP contribution in [0.5, 0.6) is 0 Å². The van der Waals surface area contributed by atoms with Crippen molar-refractivity contribution in [3.05, 3.63) is 35.6 Å². The van der Waals surface area contributed by atoms with Crippen LogP contribution in [0.3, 0.4) is 0 Å². The first-order valence-electron chi connectivity index (χ1n) is 8.35. The molecule has 2 aliphatic rings. The van der Waals surface area contributed by atoms with Gasteiger partial charge in [0.1, 0.15) is 5.82 Å². The van der Waals surface area contributed by atoms with Crippen LogP contribution >= 0.6 is 0 Å².